The molecule has 1 heterocycles. The Morgan fingerprint density at radius 3 is 2.80 bits per heavy atom. The van der Waals surface area contributed by atoms with E-state index in [9.17, 15) is 5.11 Å². The third kappa shape index (κ3) is 3.16. The maximum Gasteiger partial charge on any atom is 0.0771 e. The Morgan fingerprint density at radius 2 is 2.13 bits per heavy atom. The normalized spacial score (nSPS) is 35.6. The topological polar surface area (TPSA) is 41.5 Å². The average molecular weight is 213 g/mol. The molecule has 2 atom stereocenters. The van der Waals surface area contributed by atoms with E-state index in [0.29, 0.717) is 12.1 Å². The van der Waals surface area contributed by atoms with Crippen LogP contribution < -0.4 is 5.32 Å². The highest BCUT2D eigenvalue weighted by atomic mass is 16.5. The maximum absolute atomic E-state index is 10.2. The summed E-state index contributed by atoms with van der Waals surface area (Å²) in [5.74, 6) is 0. The molecular formula is C12H23NO2. The fraction of sp³-hybridized carbons (Fsp3) is 1.00. The summed E-state index contributed by atoms with van der Waals surface area (Å²) in [6.45, 7) is 3.75. The number of hydrogen-bond donors (Lipinski definition) is 2. The molecule has 1 saturated carbocycles. The minimum absolute atomic E-state index is 0.370. The van der Waals surface area contributed by atoms with Crippen LogP contribution in [0.2, 0.25) is 0 Å². The molecule has 0 aromatic carbocycles. The van der Waals surface area contributed by atoms with Crippen molar-refractivity contribution in [2.45, 2.75) is 63.2 Å². The third-order valence-electron chi connectivity index (χ3n) is 3.74. The quantitative estimate of drug-likeness (QED) is 0.745. The zero-order valence-corrected chi connectivity index (χ0v) is 9.67. The van der Waals surface area contributed by atoms with Gasteiger partial charge in [-0.25, -0.2) is 0 Å². The molecule has 2 fully saturated rings. The van der Waals surface area contributed by atoms with Gasteiger partial charge in [-0.05, 0) is 32.6 Å². The molecule has 1 saturated heterocycles. The predicted octanol–water partition coefficient (Wildman–Crippen LogP) is 1.45. The largest absolute Gasteiger partial charge is 0.389 e. The van der Waals surface area contributed by atoms with Crippen LogP contribution in [0.5, 0.6) is 0 Å². The van der Waals surface area contributed by atoms with Crippen molar-refractivity contribution in [2.75, 3.05) is 13.2 Å². The van der Waals surface area contributed by atoms with Gasteiger partial charge in [0.25, 0.3) is 0 Å². The summed E-state index contributed by atoms with van der Waals surface area (Å²) in [5.41, 5.74) is -0.415. The molecule has 0 spiro atoms. The molecule has 0 amide bonds. The molecule has 2 N–H and O–H groups in total. The van der Waals surface area contributed by atoms with Crippen LogP contribution in [0, 0.1) is 0 Å². The van der Waals surface area contributed by atoms with Crippen molar-refractivity contribution in [3.8, 4) is 0 Å². The monoisotopic (exact) mass is 213 g/mol. The minimum atomic E-state index is -0.415. The lowest BCUT2D eigenvalue weighted by Gasteiger charge is -2.31. The number of ether oxygens (including phenoxy) is 1. The van der Waals surface area contributed by atoms with Gasteiger partial charge in [0.2, 0.25) is 0 Å². The molecule has 3 nitrogen and oxygen atoms in total. The van der Waals surface area contributed by atoms with Crippen molar-refractivity contribution in [2.24, 2.45) is 0 Å². The lowest BCUT2D eigenvalue weighted by Crippen LogP contribution is -2.45. The lowest BCUT2D eigenvalue weighted by molar-refractivity contribution is 0.00137. The zero-order chi connectivity index (χ0) is 10.7. The second-order valence-corrected chi connectivity index (χ2v) is 5.22. The van der Waals surface area contributed by atoms with Gasteiger partial charge in [0.1, 0.15) is 0 Å². The Bertz CT molecular complexity index is 202. The summed E-state index contributed by atoms with van der Waals surface area (Å²) in [4.78, 5) is 0. The second kappa shape index (κ2) is 4.81. The van der Waals surface area contributed by atoms with Crippen molar-refractivity contribution < 1.29 is 9.84 Å². The van der Waals surface area contributed by atoms with E-state index in [1.165, 1.54) is 12.8 Å². The molecule has 15 heavy (non-hydrogen) atoms. The van der Waals surface area contributed by atoms with Gasteiger partial charge in [-0.3, -0.25) is 0 Å². The smallest absolute Gasteiger partial charge is 0.0771 e. The molecule has 0 aromatic rings. The molecule has 1 aliphatic heterocycles. The molecule has 2 aliphatic rings. The van der Waals surface area contributed by atoms with Crippen molar-refractivity contribution >= 4 is 0 Å². The van der Waals surface area contributed by atoms with Crippen molar-refractivity contribution in [1.82, 2.24) is 5.32 Å². The van der Waals surface area contributed by atoms with Gasteiger partial charge in [-0.2, -0.15) is 0 Å². The first-order valence-electron chi connectivity index (χ1n) is 6.25. The summed E-state index contributed by atoms with van der Waals surface area (Å²) < 4.78 is 5.50. The number of hydrogen-bond acceptors (Lipinski definition) is 3. The lowest BCUT2D eigenvalue weighted by atomic mass is 9.99. The summed E-state index contributed by atoms with van der Waals surface area (Å²) in [7, 11) is 0. The van der Waals surface area contributed by atoms with E-state index in [1.54, 1.807) is 0 Å². The zero-order valence-electron chi connectivity index (χ0n) is 9.67. The number of aliphatic hydroxyl groups is 1. The fourth-order valence-corrected chi connectivity index (χ4v) is 2.73. The highest BCUT2D eigenvalue weighted by Crippen LogP contribution is 2.29. The van der Waals surface area contributed by atoms with Crippen LogP contribution in [-0.2, 0) is 4.74 Å². The van der Waals surface area contributed by atoms with Crippen LogP contribution in [0.1, 0.15) is 45.4 Å². The molecule has 2 rings (SSSR count). The van der Waals surface area contributed by atoms with E-state index in [2.05, 4.69) is 12.2 Å². The van der Waals surface area contributed by atoms with Crippen molar-refractivity contribution in [1.29, 1.82) is 0 Å². The van der Waals surface area contributed by atoms with Crippen molar-refractivity contribution in [3.63, 3.8) is 0 Å². The molecular weight excluding hydrogens is 190 g/mol. The molecule has 1 aliphatic carbocycles. The molecule has 3 heteroatoms. The number of rotatable bonds is 3. The Balaban J connectivity index is 1.72. The standard InChI is InChI=1S/C12H23NO2/c1-10-8-11(4-7-15-10)13-9-12(14)5-2-3-6-12/h10-11,13-14H,2-9H2,1H3. The molecule has 0 radical (unpaired) electrons. The van der Waals surface area contributed by atoms with Crippen molar-refractivity contribution in [3.05, 3.63) is 0 Å². The van der Waals surface area contributed by atoms with Gasteiger partial charge in [0.05, 0.1) is 11.7 Å². The Kier molecular flexibility index (Phi) is 3.65. The van der Waals surface area contributed by atoms with E-state index in [4.69, 9.17) is 4.74 Å². The predicted molar refractivity (Wildman–Crippen MR) is 59.9 cm³/mol. The van der Waals surface area contributed by atoms with Crippen LogP contribution in [0.4, 0.5) is 0 Å². The highest BCUT2D eigenvalue weighted by molar-refractivity contribution is 4.88. The first-order valence-corrected chi connectivity index (χ1v) is 6.25. The Hall–Kier alpha value is -0.120. The van der Waals surface area contributed by atoms with Gasteiger partial charge < -0.3 is 15.2 Å². The van der Waals surface area contributed by atoms with Gasteiger partial charge in [-0.15, -0.1) is 0 Å². The van der Waals surface area contributed by atoms with Gasteiger partial charge in [-0.1, -0.05) is 12.8 Å². The van der Waals surface area contributed by atoms with Gasteiger partial charge >= 0.3 is 0 Å². The first kappa shape index (κ1) is 11.4. The van der Waals surface area contributed by atoms with Crippen LogP contribution in [0.25, 0.3) is 0 Å². The van der Waals surface area contributed by atoms with Crippen LogP contribution in [0.3, 0.4) is 0 Å². The van der Waals surface area contributed by atoms with Gasteiger partial charge in [0, 0.05) is 19.2 Å². The Morgan fingerprint density at radius 1 is 1.40 bits per heavy atom. The summed E-state index contributed by atoms with van der Waals surface area (Å²) in [6.07, 6.45) is 6.84. The van der Waals surface area contributed by atoms with E-state index >= 15 is 0 Å². The molecule has 88 valence electrons. The average Bonchev–Trinajstić information content (AvgIpc) is 2.63. The van der Waals surface area contributed by atoms with E-state index in [0.717, 1.165) is 38.8 Å². The van der Waals surface area contributed by atoms with E-state index < -0.39 is 5.60 Å². The van der Waals surface area contributed by atoms with E-state index in [-0.39, 0.29) is 0 Å². The summed E-state index contributed by atoms with van der Waals surface area (Å²) in [5, 5.41) is 13.7. The van der Waals surface area contributed by atoms with Crippen LogP contribution in [-0.4, -0.2) is 36.0 Å². The Labute approximate surface area is 92.2 Å². The second-order valence-electron chi connectivity index (χ2n) is 5.22. The first-order chi connectivity index (χ1) is 7.18. The minimum Gasteiger partial charge on any atom is -0.389 e. The van der Waals surface area contributed by atoms with Crippen LogP contribution in [0.15, 0.2) is 0 Å². The molecule has 2 unspecified atom stereocenters. The number of nitrogens with one attached hydrogen (secondary N) is 1. The van der Waals surface area contributed by atoms with Gasteiger partial charge in [0.15, 0.2) is 0 Å². The van der Waals surface area contributed by atoms with Crippen LogP contribution >= 0.6 is 0 Å². The highest BCUT2D eigenvalue weighted by Gasteiger charge is 2.31. The maximum atomic E-state index is 10.2. The summed E-state index contributed by atoms with van der Waals surface area (Å²) >= 11 is 0. The fourth-order valence-electron chi connectivity index (χ4n) is 2.73. The SMILES string of the molecule is CC1CC(NCC2(O)CCCC2)CCO1. The summed E-state index contributed by atoms with van der Waals surface area (Å²) in [6, 6.07) is 0.540. The molecule has 0 aromatic heterocycles. The van der Waals surface area contributed by atoms with E-state index in [1.807, 2.05) is 0 Å². The third-order valence-corrected chi connectivity index (χ3v) is 3.74. The molecule has 0 bridgehead atoms.